The molecule has 1 saturated heterocycles. The van der Waals surface area contributed by atoms with Crippen LogP contribution in [-0.2, 0) is 10.0 Å². The maximum Gasteiger partial charge on any atom is 0.246 e. The van der Waals surface area contributed by atoms with E-state index in [4.69, 9.17) is 11.6 Å². The van der Waals surface area contributed by atoms with Crippen LogP contribution >= 0.6 is 27.5 Å². The first-order chi connectivity index (χ1) is 9.86. The number of pyridine rings is 1. The minimum absolute atomic E-state index is 0.0163. The Morgan fingerprint density at radius 1 is 1.38 bits per heavy atom. The molecule has 5 nitrogen and oxygen atoms in total. The summed E-state index contributed by atoms with van der Waals surface area (Å²) in [5, 5.41) is 0.0163. The fourth-order valence-electron chi connectivity index (χ4n) is 2.37. The van der Waals surface area contributed by atoms with Crippen molar-refractivity contribution in [1.82, 2.24) is 14.2 Å². The smallest absolute Gasteiger partial charge is 0.246 e. The molecule has 1 aromatic heterocycles. The summed E-state index contributed by atoms with van der Waals surface area (Å²) >= 11 is 9.19. The van der Waals surface area contributed by atoms with Crippen molar-refractivity contribution in [2.24, 2.45) is 0 Å². The molecule has 8 heteroatoms. The second-order valence-corrected chi connectivity index (χ2v) is 8.32. The van der Waals surface area contributed by atoms with Crippen molar-refractivity contribution in [3.05, 3.63) is 21.9 Å². The van der Waals surface area contributed by atoms with Crippen molar-refractivity contribution in [3.8, 4) is 0 Å². The van der Waals surface area contributed by atoms with Gasteiger partial charge in [-0.1, -0.05) is 18.5 Å². The molecule has 21 heavy (non-hydrogen) atoms. The Hall–Kier alpha value is -0.210. The van der Waals surface area contributed by atoms with Gasteiger partial charge < -0.3 is 0 Å². The first kappa shape index (κ1) is 17.1. The molecule has 0 spiro atoms. The van der Waals surface area contributed by atoms with Crippen molar-refractivity contribution in [3.63, 3.8) is 0 Å². The summed E-state index contributed by atoms with van der Waals surface area (Å²) in [6.45, 7) is 6.76. The van der Waals surface area contributed by atoms with E-state index in [0.29, 0.717) is 23.6 Å². The van der Waals surface area contributed by atoms with E-state index in [1.165, 1.54) is 16.6 Å². The number of halogens is 2. The monoisotopic (exact) mass is 395 g/mol. The Kier molecular flexibility index (Phi) is 5.65. The summed E-state index contributed by atoms with van der Waals surface area (Å²) in [6, 6.07) is 1.98. The molecule has 1 fully saturated rings. The minimum Gasteiger partial charge on any atom is -0.298 e. The van der Waals surface area contributed by atoms with Crippen molar-refractivity contribution in [1.29, 1.82) is 0 Å². The highest BCUT2D eigenvalue weighted by molar-refractivity contribution is 9.10. The van der Waals surface area contributed by atoms with Gasteiger partial charge in [0, 0.05) is 42.9 Å². The van der Waals surface area contributed by atoms with Crippen LogP contribution in [0.1, 0.15) is 20.3 Å². The number of piperazine rings is 1. The predicted molar refractivity (Wildman–Crippen MR) is 87.0 cm³/mol. The summed E-state index contributed by atoms with van der Waals surface area (Å²) in [5.41, 5.74) is 0. The number of hydrogen-bond donors (Lipinski definition) is 0. The molecule has 0 bridgehead atoms. The van der Waals surface area contributed by atoms with Crippen LogP contribution < -0.4 is 0 Å². The van der Waals surface area contributed by atoms with E-state index in [1.807, 2.05) is 0 Å². The second-order valence-electron chi connectivity index (χ2n) is 5.14. The van der Waals surface area contributed by atoms with E-state index in [9.17, 15) is 8.42 Å². The van der Waals surface area contributed by atoms with Gasteiger partial charge >= 0.3 is 0 Å². The molecule has 0 radical (unpaired) electrons. The van der Waals surface area contributed by atoms with E-state index in [1.54, 1.807) is 0 Å². The molecular formula is C13H19BrClN3O2S. The van der Waals surface area contributed by atoms with E-state index in [0.717, 1.165) is 19.5 Å². The number of aromatic nitrogens is 1. The molecule has 0 saturated carbocycles. The normalized spacial score (nSPS) is 19.6. The average Bonchev–Trinajstić information content (AvgIpc) is 2.49. The van der Waals surface area contributed by atoms with Crippen LogP contribution in [0.15, 0.2) is 21.6 Å². The molecule has 1 aliphatic rings. The molecule has 0 amide bonds. The highest BCUT2D eigenvalue weighted by Gasteiger charge is 2.31. The van der Waals surface area contributed by atoms with Gasteiger partial charge in [0.1, 0.15) is 10.0 Å². The number of nitrogens with zero attached hydrogens (tertiary/aromatic N) is 3. The van der Waals surface area contributed by atoms with Crippen LogP contribution in [0.25, 0.3) is 0 Å². The quantitative estimate of drug-likeness (QED) is 0.734. The van der Waals surface area contributed by atoms with Gasteiger partial charge in [-0.25, -0.2) is 13.4 Å². The highest BCUT2D eigenvalue weighted by Crippen LogP contribution is 2.26. The Morgan fingerprint density at radius 3 is 2.57 bits per heavy atom. The lowest BCUT2D eigenvalue weighted by atomic mass is 10.2. The SMILES string of the molecule is CCC(C)N1CCN(S(=O)(=O)c2cc(Br)cnc2Cl)CC1. The molecule has 2 heterocycles. The summed E-state index contributed by atoms with van der Waals surface area (Å²) in [5.74, 6) is 0. The highest BCUT2D eigenvalue weighted by atomic mass is 79.9. The number of rotatable bonds is 4. The van der Waals surface area contributed by atoms with Gasteiger partial charge in [-0.2, -0.15) is 4.31 Å². The number of sulfonamides is 1. The Balaban J connectivity index is 2.17. The van der Waals surface area contributed by atoms with Crippen LogP contribution in [0.5, 0.6) is 0 Å². The molecule has 1 unspecified atom stereocenters. The van der Waals surface area contributed by atoms with Gasteiger partial charge in [0.25, 0.3) is 0 Å². The zero-order valence-electron chi connectivity index (χ0n) is 12.1. The maximum absolute atomic E-state index is 12.7. The summed E-state index contributed by atoms with van der Waals surface area (Å²) in [6.07, 6.45) is 2.55. The Morgan fingerprint density at radius 2 is 2.00 bits per heavy atom. The first-order valence-corrected chi connectivity index (χ1v) is 9.52. The van der Waals surface area contributed by atoms with E-state index >= 15 is 0 Å². The van der Waals surface area contributed by atoms with Gasteiger partial charge in [-0.15, -0.1) is 0 Å². The van der Waals surface area contributed by atoms with E-state index in [2.05, 4.69) is 39.7 Å². The molecule has 1 aromatic rings. The third-order valence-electron chi connectivity index (χ3n) is 3.88. The molecule has 0 aromatic carbocycles. The van der Waals surface area contributed by atoms with Crippen molar-refractivity contribution in [2.45, 2.75) is 31.2 Å². The van der Waals surface area contributed by atoms with Gasteiger partial charge in [-0.3, -0.25) is 4.90 Å². The lowest BCUT2D eigenvalue weighted by Crippen LogP contribution is -2.51. The lowest BCUT2D eigenvalue weighted by molar-refractivity contribution is 0.142. The van der Waals surface area contributed by atoms with Gasteiger partial charge in [0.15, 0.2) is 0 Å². The molecule has 2 rings (SSSR count). The fourth-order valence-corrected chi connectivity index (χ4v) is 4.71. The van der Waals surface area contributed by atoms with Crippen molar-refractivity contribution >= 4 is 37.6 Å². The Labute approximate surface area is 139 Å². The molecule has 118 valence electrons. The van der Waals surface area contributed by atoms with Crippen LogP contribution in [0.4, 0.5) is 0 Å². The third kappa shape index (κ3) is 3.76. The van der Waals surface area contributed by atoms with Crippen LogP contribution in [0.2, 0.25) is 5.15 Å². The number of hydrogen-bond acceptors (Lipinski definition) is 4. The zero-order valence-corrected chi connectivity index (χ0v) is 15.2. The average molecular weight is 397 g/mol. The van der Waals surface area contributed by atoms with Crippen LogP contribution in [0, 0.1) is 0 Å². The van der Waals surface area contributed by atoms with E-state index < -0.39 is 10.0 Å². The van der Waals surface area contributed by atoms with Crippen LogP contribution in [0.3, 0.4) is 0 Å². The van der Waals surface area contributed by atoms with Crippen molar-refractivity contribution < 1.29 is 8.42 Å². The van der Waals surface area contributed by atoms with Gasteiger partial charge in [-0.05, 0) is 35.3 Å². The molecule has 0 N–H and O–H groups in total. The largest absolute Gasteiger partial charge is 0.298 e. The summed E-state index contributed by atoms with van der Waals surface area (Å²) < 4.78 is 27.4. The second kappa shape index (κ2) is 6.91. The maximum atomic E-state index is 12.7. The zero-order chi connectivity index (χ0) is 15.6. The first-order valence-electron chi connectivity index (χ1n) is 6.91. The summed E-state index contributed by atoms with van der Waals surface area (Å²) in [7, 11) is -3.59. The van der Waals surface area contributed by atoms with Crippen LogP contribution in [-0.4, -0.2) is 54.8 Å². The fraction of sp³-hybridized carbons (Fsp3) is 0.615. The standard InChI is InChI=1S/C13H19BrClN3O2S/c1-3-10(2)17-4-6-18(7-5-17)21(19,20)12-8-11(14)9-16-13(12)15/h8-10H,3-7H2,1-2H3. The van der Waals surface area contributed by atoms with Gasteiger partial charge in [0.05, 0.1) is 0 Å². The predicted octanol–water partition coefficient (Wildman–Crippen LogP) is 2.60. The Bertz CT molecular complexity index is 603. The third-order valence-corrected chi connectivity index (χ3v) is 6.64. The van der Waals surface area contributed by atoms with E-state index in [-0.39, 0.29) is 10.0 Å². The molecule has 1 aliphatic heterocycles. The molecular weight excluding hydrogens is 378 g/mol. The van der Waals surface area contributed by atoms with Gasteiger partial charge in [0.2, 0.25) is 10.0 Å². The summed E-state index contributed by atoms with van der Waals surface area (Å²) in [4.78, 5) is 6.28. The lowest BCUT2D eigenvalue weighted by Gasteiger charge is -2.37. The minimum atomic E-state index is -3.59. The molecule has 0 aliphatic carbocycles. The van der Waals surface area contributed by atoms with Crippen molar-refractivity contribution in [2.75, 3.05) is 26.2 Å². The molecule has 1 atom stereocenters. The topological polar surface area (TPSA) is 53.5 Å².